The second-order valence-electron chi connectivity index (χ2n) is 2.73. The molecule has 2 nitrogen and oxygen atoms in total. The molecule has 0 unspecified atom stereocenters. The molecule has 0 aliphatic heterocycles. The lowest BCUT2D eigenvalue weighted by Crippen LogP contribution is -1.94. The molecule has 0 fully saturated rings. The van der Waals surface area contributed by atoms with Gasteiger partial charge >= 0.3 is 0 Å². The van der Waals surface area contributed by atoms with Crippen molar-refractivity contribution < 1.29 is 4.39 Å². The lowest BCUT2D eigenvalue weighted by Gasteiger charge is -2.01. The summed E-state index contributed by atoms with van der Waals surface area (Å²) >= 11 is 7.86. The smallest absolute Gasteiger partial charge is 0.126 e. The van der Waals surface area contributed by atoms with Crippen molar-refractivity contribution in [1.29, 1.82) is 0 Å². The number of nitrogens with zero attached hydrogens (tertiary/aromatic N) is 2. The Bertz CT molecular complexity index is 449. The lowest BCUT2D eigenvalue weighted by molar-refractivity contribution is 0.625. The van der Waals surface area contributed by atoms with Crippen LogP contribution in [-0.2, 0) is 0 Å². The maximum absolute atomic E-state index is 13.0. The summed E-state index contributed by atoms with van der Waals surface area (Å²) < 4.78 is 15.6. The van der Waals surface area contributed by atoms with Crippen LogP contribution in [0.4, 0.5) is 4.39 Å². The molecule has 2 aromatic rings. The molecule has 0 aliphatic rings. The van der Waals surface area contributed by atoms with Gasteiger partial charge in [-0.1, -0.05) is 11.6 Å². The number of halogens is 3. The molecule has 0 radical (unpaired) electrons. The number of rotatable bonds is 1. The Morgan fingerprint density at radius 1 is 1.36 bits per heavy atom. The van der Waals surface area contributed by atoms with Crippen molar-refractivity contribution in [2.45, 2.75) is 0 Å². The Morgan fingerprint density at radius 3 is 2.71 bits per heavy atom. The maximum atomic E-state index is 13.0. The van der Waals surface area contributed by atoms with E-state index >= 15 is 0 Å². The van der Waals surface area contributed by atoms with Gasteiger partial charge in [0.25, 0.3) is 0 Å². The summed E-state index contributed by atoms with van der Waals surface area (Å²) in [7, 11) is 0. The van der Waals surface area contributed by atoms with Crippen molar-refractivity contribution in [1.82, 2.24) is 9.78 Å². The van der Waals surface area contributed by atoms with Crippen LogP contribution in [0, 0.1) is 9.39 Å². The molecule has 72 valence electrons. The Labute approximate surface area is 98.8 Å². The number of aromatic nitrogens is 2. The van der Waals surface area contributed by atoms with Crippen LogP contribution in [0.25, 0.3) is 5.69 Å². The minimum atomic E-state index is -0.363. The zero-order valence-corrected chi connectivity index (χ0v) is 9.83. The summed E-state index contributed by atoms with van der Waals surface area (Å²) in [5, 5.41) is 4.42. The molecule has 5 heteroatoms. The fourth-order valence-electron chi connectivity index (χ4n) is 1.11. The molecule has 1 aromatic heterocycles. The van der Waals surface area contributed by atoms with Gasteiger partial charge in [0, 0.05) is 11.2 Å². The number of hydrogen-bond donors (Lipinski definition) is 0. The van der Waals surface area contributed by atoms with E-state index in [1.54, 1.807) is 23.1 Å². The minimum absolute atomic E-state index is 0.363. The third-order valence-corrected chi connectivity index (χ3v) is 2.44. The summed E-state index contributed by atoms with van der Waals surface area (Å²) in [4.78, 5) is 0. The molecule has 2 rings (SSSR count). The van der Waals surface area contributed by atoms with Gasteiger partial charge in [0.1, 0.15) is 5.82 Å². The van der Waals surface area contributed by atoms with E-state index in [-0.39, 0.29) is 5.82 Å². The molecule has 0 aliphatic carbocycles. The quantitative estimate of drug-likeness (QED) is 0.737. The summed E-state index contributed by atoms with van der Waals surface area (Å²) in [6.07, 6.45) is 3.49. The van der Waals surface area contributed by atoms with Gasteiger partial charge in [0.05, 0.1) is 15.5 Å². The third-order valence-electron chi connectivity index (χ3n) is 1.66. The maximum Gasteiger partial charge on any atom is 0.126 e. The predicted octanol–water partition coefficient (Wildman–Crippen LogP) is 3.27. The molecular formula is C9H5ClFIN2. The van der Waals surface area contributed by atoms with Crippen LogP contribution in [0.3, 0.4) is 0 Å². The lowest BCUT2D eigenvalue weighted by atomic mass is 10.3. The summed E-state index contributed by atoms with van der Waals surface area (Å²) in [6, 6.07) is 4.31. The van der Waals surface area contributed by atoms with E-state index in [9.17, 15) is 4.39 Å². The van der Waals surface area contributed by atoms with E-state index in [0.717, 1.165) is 3.57 Å². The van der Waals surface area contributed by atoms with Crippen LogP contribution < -0.4 is 0 Å². The summed E-state index contributed by atoms with van der Waals surface area (Å²) in [5.74, 6) is -0.363. The SMILES string of the molecule is Fc1cc(Cl)cc(-n2cc(I)cn2)c1. The fraction of sp³-hybridized carbons (Fsp3) is 0. The first kappa shape index (κ1) is 9.92. The standard InChI is InChI=1S/C9H5ClFIN2/c10-6-1-7(11)3-9(2-6)14-5-8(12)4-13-14/h1-5H. The van der Waals surface area contributed by atoms with Crippen molar-refractivity contribution in [3.05, 3.63) is 45.0 Å². The Balaban J connectivity index is 2.51. The van der Waals surface area contributed by atoms with Gasteiger partial charge in [-0.3, -0.25) is 0 Å². The van der Waals surface area contributed by atoms with Crippen molar-refractivity contribution in [3.63, 3.8) is 0 Å². The summed E-state index contributed by atoms with van der Waals surface area (Å²) in [6.45, 7) is 0. The molecule has 1 heterocycles. The van der Waals surface area contributed by atoms with Crippen molar-refractivity contribution in [2.75, 3.05) is 0 Å². The Hall–Kier alpha value is -0.620. The van der Waals surface area contributed by atoms with Crippen LogP contribution in [0.15, 0.2) is 30.6 Å². The molecule has 0 saturated heterocycles. The normalized spacial score (nSPS) is 10.5. The van der Waals surface area contributed by atoms with Crippen LogP contribution in [0.1, 0.15) is 0 Å². The zero-order valence-electron chi connectivity index (χ0n) is 6.92. The number of benzene rings is 1. The van der Waals surface area contributed by atoms with Crippen molar-refractivity contribution >= 4 is 34.2 Å². The molecule has 0 amide bonds. The number of hydrogen-bond acceptors (Lipinski definition) is 1. The van der Waals surface area contributed by atoms with Gasteiger partial charge in [-0.25, -0.2) is 9.07 Å². The van der Waals surface area contributed by atoms with Gasteiger partial charge in [0.15, 0.2) is 0 Å². The highest BCUT2D eigenvalue weighted by molar-refractivity contribution is 14.1. The van der Waals surface area contributed by atoms with Gasteiger partial charge < -0.3 is 0 Å². The molecule has 0 N–H and O–H groups in total. The topological polar surface area (TPSA) is 17.8 Å². The van der Waals surface area contributed by atoms with Gasteiger partial charge in [-0.05, 0) is 40.8 Å². The first-order chi connectivity index (χ1) is 6.65. The second-order valence-corrected chi connectivity index (χ2v) is 4.41. The molecule has 0 bridgehead atoms. The minimum Gasteiger partial charge on any atom is -0.240 e. The molecule has 0 spiro atoms. The largest absolute Gasteiger partial charge is 0.240 e. The fourth-order valence-corrected chi connectivity index (χ4v) is 1.72. The second kappa shape index (κ2) is 3.86. The molecule has 14 heavy (non-hydrogen) atoms. The predicted molar refractivity (Wildman–Crippen MR) is 61.2 cm³/mol. The highest BCUT2D eigenvalue weighted by Crippen LogP contribution is 2.17. The van der Waals surface area contributed by atoms with Crippen molar-refractivity contribution in [3.8, 4) is 5.69 Å². The first-order valence-electron chi connectivity index (χ1n) is 3.82. The average Bonchev–Trinajstić information content (AvgIpc) is 2.50. The summed E-state index contributed by atoms with van der Waals surface area (Å²) in [5.41, 5.74) is 0.623. The van der Waals surface area contributed by atoms with E-state index < -0.39 is 0 Å². The molecule has 0 atom stereocenters. The molecular weight excluding hydrogens is 317 g/mol. The first-order valence-corrected chi connectivity index (χ1v) is 5.27. The average molecular weight is 323 g/mol. The van der Waals surface area contributed by atoms with Crippen molar-refractivity contribution in [2.24, 2.45) is 0 Å². The highest BCUT2D eigenvalue weighted by atomic mass is 127. The van der Waals surface area contributed by atoms with Crippen LogP contribution in [0.5, 0.6) is 0 Å². The zero-order chi connectivity index (χ0) is 10.1. The van der Waals surface area contributed by atoms with Gasteiger partial charge in [0.2, 0.25) is 0 Å². The van der Waals surface area contributed by atoms with Crippen LogP contribution in [0.2, 0.25) is 5.02 Å². The van der Waals surface area contributed by atoms with E-state index in [4.69, 9.17) is 11.6 Å². The van der Waals surface area contributed by atoms with Gasteiger partial charge in [-0.2, -0.15) is 5.10 Å². The van der Waals surface area contributed by atoms with E-state index in [0.29, 0.717) is 10.7 Å². The van der Waals surface area contributed by atoms with Crippen LogP contribution in [-0.4, -0.2) is 9.78 Å². The van der Waals surface area contributed by atoms with E-state index in [1.807, 2.05) is 0 Å². The Morgan fingerprint density at radius 2 is 2.14 bits per heavy atom. The third kappa shape index (κ3) is 2.06. The highest BCUT2D eigenvalue weighted by Gasteiger charge is 2.02. The monoisotopic (exact) mass is 322 g/mol. The van der Waals surface area contributed by atoms with Crippen LogP contribution >= 0.6 is 34.2 Å². The van der Waals surface area contributed by atoms with E-state index in [1.165, 1.54) is 12.1 Å². The van der Waals surface area contributed by atoms with E-state index in [2.05, 4.69) is 27.7 Å². The Kier molecular flexibility index (Phi) is 2.73. The van der Waals surface area contributed by atoms with Gasteiger partial charge in [-0.15, -0.1) is 0 Å². The molecule has 1 aromatic carbocycles. The molecule has 0 saturated carbocycles.